The Morgan fingerprint density at radius 3 is 2.00 bits per heavy atom. The lowest BCUT2D eigenvalue weighted by Crippen LogP contribution is -2.57. The van der Waals surface area contributed by atoms with Gasteiger partial charge in [-0.1, -0.05) is 18.6 Å². The van der Waals surface area contributed by atoms with Crippen LogP contribution in [0.1, 0.15) is 44.9 Å². The molecule has 2 bridgehead atoms. The molecule has 4 rings (SSSR count). The predicted octanol–water partition coefficient (Wildman–Crippen LogP) is 2.15. The molecule has 112 valence electrons. The maximum atomic E-state index is 13.0. The standard InChI is InChI=1S/C15H24N2O2S/c1-11-7-14-3-2-4-15(8-11)17(14)20(18,19)16-9-12-5-6-13(12)10-16/h12-15H,1-10H2/t12-,13+,14?,15?. The van der Waals surface area contributed by atoms with E-state index < -0.39 is 10.2 Å². The quantitative estimate of drug-likeness (QED) is 0.733. The van der Waals surface area contributed by atoms with Crippen molar-refractivity contribution in [2.75, 3.05) is 13.1 Å². The van der Waals surface area contributed by atoms with E-state index in [0.29, 0.717) is 11.8 Å². The monoisotopic (exact) mass is 296 g/mol. The highest BCUT2D eigenvalue weighted by Crippen LogP contribution is 2.44. The molecule has 0 radical (unpaired) electrons. The van der Waals surface area contributed by atoms with Crippen molar-refractivity contribution in [3.05, 3.63) is 12.2 Å². The van der Waals surface area contributed by atoms with E-state index >= 15 is 0 Å². The van der Waals surface area contributed by atoms with E-state index in [1.807, 2.05) is 4.31 Å². The minimum atomic E-state index is -3.24. The van der Waals surface area contributed by atoms with Gasteiger partial charge in [-0.15, -0.1) is 0 Å². The molecule has 1 aliphatic carbocycles. The van der Waals surface area contributed by atoms with Gasteiger partial charge in [0.15, 0.2) is 0 Å². The van der Waals surface area contributed by atoms with Crippen LogP contribution in [0.3, 0.4) is 0 Å². The summed E-state index contributed by atoms with van der Waals surface area (Å²) in [6.45, 7) is 5.65. The van der Waals surface area contributed by atoms with Crippen molar-refractivity contribution >= 4 is 10.2 Å². The van der Waals surface area contributed by atoms with Crippen LogP contribution in [0.4, 0.5) is 0 Å². The first-order valence-corrected chi connectivity index (χ1v) is 9.40. The molecule has 0 N–H and O–H groups in total. The molecule has 4 aliphatic rings. The van der Waals surface area contributed by atoms with Crippen LogP contribution in [0, 0.1) is 11.8 Å². The van der Waals surface area contributed by atoms with Gasteiger partial charge in [-0.2, -0.15) is 17.0 Å². The Bertz CT molecular complexity index is 502. The van der Waals surface area contributed by atoms with E-state index in [1.165, 1.54) is 24.8 Å². The van der Waals surface area contributed by atoms with Crippen molar-refractivity contribution < 1.29 is 8.42 Å². The van der Waals surface area contributed by atoms with Crippen LogP contribution in [-0.4, -0.2) is 42.2 Å². The molecule has 0 aromatic carbocycles. The number of rotatable bonds is 2. The van der Waals surface area contributed by atoms with Gasteiger partial charge in [0, 0.05) is 25.2 Å². The molecule has 1 saturated carbocycles. The zero-order valence-corrected chi connectivity index (χ0v) is 12.8. The fourth-order valence-corrected chi connectivity index (χ4v) is 6.83. The molecule has 3 saturated heterocycles. The number of piperidine rings is 2. The SMILES string of the molecule is C=C1CC2CCCC(C1)N2S(=O)(=O)N1C[C@H]2CC[C@H]2C1. The van der Waals surface area contributed by atoms with Crippen molar-refractivity contribution in [1.29, 1.82) is 0 Å². The van der Waals surface area contributed by atoms with E-state index in [-0.39, 0.29) is 12.1 Å². The van der Waals surface area contributed by atoms with Crippen LogP contribution >= 0.6 is 0 Å². The summed E-state index contributed by atoms with van der Waals surface area (Å²) >= 11 is 0. The Morgan fingerprint density at radius 2 is 1.50 bits per heavy atom. The summed E-state index contributed by atoms with van der Waals surface area (Å²) < 4.78 is 29.8. The normalized spacial score (nSPS) is 42.3. The fourth-order valence-electron chi connectivity index (χ4n) is 4.69. The number of fused-ring (bicyclic) bond motifs is 3. The summed E-state index contributed by atoms with van der Waals surface area (Å²) in [6, 6.07) is 0.358. The maximum absolute atomic E-state index is 13.0. The Labute approximate surface area is 122 Å². The molecule has 0 spiro atoms. The molecule has 0 aromatic heterocycles. The van der Waals surface area contributed by atoms with Crippen LogP contribution < -0.4 is 0 Å². The van der Waals surface area contributed by atoms with Gasteiger partial charge in [-0.05, 0) is 50.4 Å². The summed E-state index contributed by atoms with van der Waals surface area (Å²) in [5.41, 5.74) is 1.24. The first-order chi connectivity index (χ1) is 9.55. The van der Waals surface area contributed by atoms with Crippen molar-refractivity contribution in [3.8, 4) is 0 Å². The topological polar surface area (TPSA) is 40.6 Å². The van der Waals surface area contributed by atoms with Gasteiger partial charge in [0.25, 0.3) is 10.2 Å². The second kappa shape index (κ2) is 4.55. The maximum Gasteiger partial charge on any atom is 0.282 e. The van der Waals surface area contributed by atoms with Crippen molar-refractivity contribution in [1.82, 2.24) is 8.61 Å². The Kier molecular flexibility index (Phi) is 3.02. The minimum Gasteiger partial charge on any atom is -0.195 e. The Hall–Kier alpha value is -0.390. The van der Waals surface area contributed by atoms with E-state index in [0.717, 1.165) is 38.8 Å². The Balaban J connectivity index is 1.60. The molecule has 3 heterocycles. The molecular weight excluding hydrogens is 272 g/mol. The molecule has 3 aliphatic heterocycles. The average Bonchev–Trinajstić information content (AvgIpc) is 2.64. The van der Waals surface area contributed by atoms with Gasteiger partial charge in [0.1, 0.15) is 0 Å². The molecule has 2 unspecified atom stereocenters. The van der Waals surface area contributed by atoms with Crippen LogP contribution in [0.15, 0.2) is 12.2 Å². The van der Waals surface area contributed by atoms with E-state index in [1.54, 1.807) is 4.31 Å². The fraction of sp³-hybridized carbons (Fsp3) is 0.867. The van der Waals surface area contributed by atoms with E-state index in [4.69, 9.17) is 0 Å². The van der Waals surface area contributed by atoms with Crippen molar-refractivity contribution in [2.45, 2.75) is 57.0 Å². The summed E-state index contributed by atoms with van der Waals surface area (Å²) in [6.07, 6.45) is 7.37. The first kappa shape index (κ1) is 13.3. The van der Waals surface area contributed by atoms with Gasteiger partial charge >= 0.3 is 0 Å². The third kappa shape index (κ3) is 1.90. The van der Waals surface area contributed by atoms with Crippen LogP contribution in [0.5, 0.6) is 0 Å². The van der Waals surface area contributed by atoms with E-state index in [2.05, 4.69) is 6.58 Å². The summed E-state index contributed by atoms with van der Waals surface area (Å²) in [7, 11) is -3.24. The molecule has 0 aromatic rings. The van der Waals surface area contributed by atoms with Crippen molar-refractivity contribution in [2.24, 2.45) is 11.8 Å². The zero-order valence-electron chi connectivity index (χ0n) is 12.0. The van der Waals surface area contributed by atoms with Gasteiger partial charge in [-0.3, -0.25) is 0 Å². The van der Waals surface area contributed by atoms with Crippen LogP contribution in [0.25, 0.3) is 0 Å². The first-order valence-electron chi connectivity index (χ1n) is 8.01. The molecule has 4 nitrogen and oxygen atoms in total. The number of nitrogens with zero attached hydrogens (tertiary/aromatic N) is 2. The lowest BCUT2D eigenvalue weighted by atomic mass is 9.77. The highest BCUT2D eigenvalue weighted by atomic mass is 32.2. The number of hydrogen-bond donors (Lipinski definition) is 0. The molecule has 4 atom stereocenters. The minimum absolute atomic E-state index is 0.179. The summed E-state index contributed by atoms with van der Waals surface area (Å²) in [5.74, 6) is 1.29. The van der Waals surface area contributed by atoms with Crippen LogP contribution in [0.2, 0.25) is 0 Å². The van der Waals surface area contributed by atoms with E-state index in [9.17, 15) is 8.42 Å². The number of hydrogen-bond acceptors (Lipinski definition) is 2. The molecular formula is C15H24N2O2S. The Morgan fingerprint density at radius 1 is 0.950 bits per heavy atom. The van der Waals surface area contributed by atoms with Gasteiger partial charge in [0.05, 0.1) is 0 Å². The molecule has 5 heteroatoms. The lowest BCUT2D eigenvalue weighted by molar-refractivity contribution is 0.142. The highest BCUT2D eigenvalue weighted by Gasteiger charge is 2.49. The third-order valence-corrected chi connectivity index (χ3v) is 7.97. The smallest absolute Gasteiger partial charge is 0.195 e. The lowest BCUT2D eigenvalue weighted by Gasteiger charge is -2.46. The third-order valence-electron chi connectivity index (χ3n) is 5.89. The largest absolute Gasteiger partial charge is 0.282 e. The van der Waals surface area contributed by atoms with Crippen molar-refractivity contribution in [3.63, 3.8) is 0 Å². The summed E-state index contributed by atoms with van der Waals surface area (Å²) in [4.78, 5) is 0. The zero-order chi connectivity index (χ0) is 13.9. The second-order valence-electron chi connectivity index (χ2n) is 7.15. The van der Waals surface area contributed by atoms with Gasteiger partial charge in [0.2, 0.25) is 0 Å². The van der Waals surface area contributed by atoms with Crippen LogP contribution in [-0.2, 0) is 10.2 Å². The summed E-state index contributed by atoms with van der Waals surface area (Å²) in [5, 5.41) is 0. The predicted molar refractivity (Wildman–Crippen MR) is 78.3 cm³/mol. The molecule has 0 amide bonds. The molecule has 20 heavy (non-hydrogen) atoms. The highest BCUT2D eigenvalue weighted by molar-refractivity contribution is 7.86. The van der Waals surface area contributed by atoms with Gasteiger partial charge in [-0.25, -0.2) is 0 Å². The molecule has 4 fully saturated rings. The average molecular weight is 296 g/mol. The second-order valence-corrected chi connectivity index (χ2v) is 8.98. The van der Waals surface area contributed by atoms with Gasteiger partial charge < -0.3 is 0 Å².